The zero-order valence-electron chi connectivity index (χ0n) is 17.0. The molecular weight excluding hydrogens is 368 g/mol. The van der Waals surface area contributed by atoms with E-state index < -0.39 is 0 Å². The quantitative estimate of drug-likeness (QED) is 0.476. The van der Waals surface area contributed by atoms with E-state index in [0.717, 1.165) is 30.5 Å². The van der Waals surface area contributed by atoms with Gasteiger partial charge in [0.25, 0.3) is 11.5 Å². The van der Waals surface area contributed by atoms with Crippen molar-refractivity contribution in [1.82, 2.24) is 20.2 Å². The van der Waals surface area contributed by atoms with Crippen LogP contribution in [0.4, 0.5) is 0 Å². The minimum atomic E-state index is -0.202. The molecule has 0 aromatic carbocycles. The molecule has 2 N–H and O–H groups in total. The molecule has 0 spiro atoms. The highest BCUT2D eigenvalue weighted by Crippen LogP contribution is 2.04. The minimum Gasteiger partial charge on any atom is -0.352 e. The first kappa shape index (κ1) is 22.1. The average Bonchev–Trinajstić information content (AvgIpc) is 2.71. The molecule has 0 saturated heterocycles. The predicted octanol–water partition coefficient (Wildman–Crippen LogP) is 2.40. The molecule has 29 heavy (non-hydrogen) atoms. The summed E-state index contributed by atoms with van der Waals surface area (Å²) in [4.78, 5) is 39.7. The Morgan fingerprint density at radius 2 is 1.90 bits per heavy atom. The molecular formula is C22H28N4O3. The van der Waals surface area contributed by atoms with E-state index >= 15 is 0 Å². The van der Waals surface area contributed by atoms with E-state index in [0.29, 0.717) is 25.2 Å². The minimum absolute atomic E-state index is 0.116. The second-order valence-corrected chi connectivity index (χ2v) is 6.76. The Hall–Kier alpha value is -3.22. The number of nitrogens with zero attached hydrogens (tertiary/aromatic N) is 2. The summed E-state index contributed by atoms with van der Waals surface area (Å²) in [7, 11) is 0. The number of unbranched alkanes of at least 4 members (excludes halogenated alkanes) is 1. The maximum atomic E-state index is 12.3. The van der Waals surface area contributed by atoms with E-state index in [4.69, 9.17) is 0 Å². The highest BCUT2D eigenvalue weighted by atomic mass is 16.2. The molecule has 2 aromatic heterocycles. The van der Waals surface area contributed by atoms with Crippen molar-refractivity contribution in [2.75, 3.05) is 6.54 Å². The Kier molecular flexibility index (Phi) is 8.82. The fourth-order valence-electron chi connectivity index (χ4n) is 2.63. The summed E-state index contributed by atoms with van der Waals surface area (Å²) in [5.74, 6) is -0.319. The average molecular weight is 396 g/mol. The molecule has 0 aliphatic carbocycles. The summed E-state index contributed by atoms with van der Waals surface area (Å²) >= 11 is 0. The third-order valence-electron chi connectivity index (χ3n) is 4.22. The van der Waals surface area contributed by atoms with Gasteiger partial charge in [-0.3, -0.25) is 19.4 Å². The normalized spacial score (nSPS) is 10.8. The SMILES string of the molecule is CCC/C=C\CCNC(=O)c1ccc(=O)n(Cc2ccc(CNC(C)=O)nc2)c1. The smallest absolute Gasteiger partial charge is 0.252 e. The van der Waals surface area contributed by atoms with Crippen LogP contribution >= 0.6 is 0 Å². The van der Waals surface area contributed by atoms with Gasteiger partial charge in [-0.1, -0.05) is 31.6 Å². The van der Waals surface area contributed by atoms with Crippen LogP contribution < -0.4 is 16.2 Å². The number of aromatic nitrogens is 2. The topological polar surface area (TPSA) is 93.1 Å². The van der Waals surface area contributed by atoms with Gasteiger partial charge in [0.1, 0.15) is 0 Å². The lowest BCUT2D eigenvalue weighted by atomic mass is 10.2. The van der Waals surface area contributed by atoms with Gasteiger partial charge in [0, 0.05) is 31.9 Å². The van der Waals surface area contributed by atoms with Crippen LogP contribution in [0.25, 0.3) is 0 Å². The zero-order valence-corrected chi connectivity index (χ0v) is 17.0. The maximum Gasteiger partial charge on any atom is 0.252 e. The fraction of sp³-hybridized carbons (Fsp3) is 0.364. The number of rotatable bonds is 10. The number of hydrogen-bond acceptors (Lipinski definition) is 4. The van der Waals surface area contributed by atoms with Crippen LogP contribution in [0, 0.1) is 0 Å². The number of hydrogen-bond donors (Lipinski definition) is 2. The zero-order chi connectivity index (χ0) is 21.1. The second kappa shape index (κ2) is 11.6. The van der Waals surface area contributed by atoms with Gasteiger partial charge in [-0.25, -0.2) is 0 Å². The van der Waals surface area contributed by atoms with Gasteiger partial charge >= 0.3 is 0 Å². The summed E-state index contributed by atoms with van der Waals surface area (Å²) in [6.45, 7) is 4.80. The summed E-state index contributed by atoms with van der Waals surface area (Å²) in [5, 5.41) is 5.55. The first-order chi connectivity index (χ1) is 14.0. The van der Waals surface area contributed by atoms with E-state index in [9.17, 15) is 14.4 Å². The number of carbonyl (C=O) groups excluding carboxylic acids is 2. The predicted molar refractivity (Wildman–Crippen MR) is 113 cm³/mol. The van der Waals surface area contributed by atoms with E-state index in [-0.39, 0.29) is 17.4 Å². The monoisotopic (exact) mass is 396 g/mol. The van der Waals surface area contributed by atoms with Crippen LogP contribution in [0.2, 0.25) is 0 Å². The Balaban J connectivity index is 1.97. The standard InChI is InChI=1S/C22H28N4O3/c1-3-4-5-6-7-12-23-22(29)19-9-11-21(28)26(16-19)15-18-8-10-20(25-13-18)14-24-17(2)27/h5-6,8-11,13,16H,3-4,7,12,14-15H2,1-2H3,(H,23,29)(H,24,27)/b6-5-. The molecule has 0 aliphatic heterocycles. The molecule has 2 amide bonds. The van der Waals surface area contributed by atoms with Gasteiger partial charge in [-0.15, -0.1) is 0 Å². The molecule has 0 saturated carbocycles. The molecule has 7 nitrogen and oxygen atoms in total. The lowest BCUT2D eigenvalue weighted by Crippen LogP contribution is -2.27. The van der Waals surface area contributed by atoms with Gasteiger partial charge in [-0.2, -0.15) is 0 Å². The summed E-state index contributed by atoms with van der Waals surface area (Å²) in [6, 6.07) is 6.59. The highest BCUT2D eigenvalue weighted by molar-refractivity contribution is 5.93. The van der Waals surface area contributed by atoms with Crippen LogP contribution in [0.1, 0.15) is 54.7 Å². The van der Waals surface area contributed by atoms with E-state index in [1.807, 2.05) is 6.07 Å². The van der Waals surface area contributed by atoms with Gasteiger partial charge < -0.3 is 15.2 Å². The van der Waals surface area contributed by atoms with Crippen LogP contribution in [0.5, 0.6) is 0 Å². The van der Waals surface area contributed by atoms with Crippen molar-refractivity contribution in [2.45, 2.75) is 46.2 Å². The Bertz CT molecular complexity index is 901. The summed E-state index contributed by atoms with van der Waals surface area (Å²) in [6.07, 6.45) is 10.3. The van der Waals surface area contributed by atoms with Crippen molar-refractivity contribution < 1.29 is 9.59 Å². The van der Waals surface area contributed by atoms with Crippen molar-refractivity contribution in [3.8, 4) is 0 Å². The van der Waals surface area contributed by atoms with Crippen molar-refractivity contribution in [3.05, 3.63) is 76.0 Å². The van der Waals surface area contributed by atoms with Gasteiger partial charge in [0.15, 0.2) is 0 Å². The molecule has 7 heteroatoms. The first-order valence-electron chi connectivity index (χ1n) is 9.81. The van der Waals surface area contributed by atoms with E-state index in [1.54, 1.807) is 18.5 Å². The lowest BCUT2D eigenvalue weighted by molar-refractivity contribution is -0.119. The third kappa shape index (κ3) is 7.73. The first-order valence-corrected chi connectivity index (χ1v) is 9.81. The molecule has 0 unspecified atom stereocenters. The molecule has 0 aliphatic rings. The van der Waals surface area contributed by atoms with E-state index in [1.165, 1.54) is 23.6 Å². The summed E-state index contributed by atoms with van der Waals surface area (Å²) in [5.41, 5.74) is 1.82. The van der Waals surface area contributed by atoms with Crippen molar-refractivity contribution in [2.24, 2.45) is 0 Å². The Morgan fingerprint density at radius 3 is 2.59 bits per heavy atom. The number of pyridine rings is 2. The number of amides is 2. The van der Waals surface area contributed by atoms with Crippen LogP contribution in [-0.4, -0.2) is 27.9 Å². The Morgan fingerprint density at radius 1 is 1.10 bits per heavy atom. The van der Waals surface area contributed by atoms with E-state index in [2.05, 4.69) is 34.7 Å². The molecule has 2 heterocycles. The van der Waals surface area contributed by atoms with Crippen LogP contribution in [0.15, 0.2) is 53.6 Å². The summed E-state index contributed by atoms with van der Waals surface area (Å²) < 4.78 is 1.49. The van der Waals surface area contributed by atoms with Crippen molar-refractivity contribution in [1.29, 1.82) is 0 Å². The highest BCUT2D eigenvalue weighted by Gasteiger charge is 2.08. The molecule has 0 bridgehead atoms. The molecule has 0 radical (unpaired) electrons. The number of carbonyl (C=O) groups is 2. The molecule has 154 valence electrons. The largest absolute Gasteiger partial charge is 0.352 e. The molecule has 0 fully saturated rings. The molecule has 2 rings (SSSR count). The Labute approximate surface area is 170 Å². The van der Waals surface area contributed by atoms with Crippen LogP contribution in [0.3, 0.4) is 0 Å². The molecule has 2 aromatic rings. The number of nitrogens with one attached hydrogen (secondary N) is 2. The van der Waals surface area contributed by atoms with Gasteiger partial charge in [0.2, 0.25) is 5.91 Å². The maximum absolute atomic E-state index is 12.3. The van der Waals surface area contributed by atoms with Crippen molar-refractivity contribution in [3.63, 3.8) is 0 Å². The van der Waals surface area contributed by atoms with Crippen molar-refractivity contribution >= 4 is 11.8 Å². The second-order valence-electron chi connectivity index (χ2n) is 6.76. The molecule has 0 atom stereocenters. The van der Waals surface area contributed by atoms with Crippen LogP contribution in [-0.2, 0) is 17.9 Å². The lowest BCUT2D eigenvalue weighted by Gasteiger charge is -2.09. The van der Waals surface area contributed by atoms with Gasteiger partial charge in [-0.05, 0) is 30.5 Å². The fourth-order valence-corrected chi connectivity index (χ4v) is 2.63. The third-order valence-corrected chi connectivity index (χ3v) is 4.22. The number of allylic oxidation sites excluding steroid dienone is 1. The van der Waals surface area contributed by atoms with Gasteiger partial charge in [0.05, 0.1) is 24.3 Å².